The van der Waals surface area contributed by atoms with E-state index in [2.05, 4.69) is 24.8 Å². The van der Waals surface area contributed by atoms with Crippen LogP contribution in [0.2, 0.25) is 0 Å². The maximum Gasteiger partial charge on any atom is 0.255 e. The molecule has 1 aliphatic rings. The van der Waals surface area contributed by atoms with Gasteiger partial charge in [-0.15, -0.1) is 0 Å². The monoisotopic (exact) mass is 423 g/mol. The minimum Gasteiger partial charge on any atom is -0.493 e. The van der Waals surface area contributed by atoms with Crippen molar-refractivity contribution in [3.8, 4) is 23.0 Å². The van der Waals surface area contributed by atoms with E-state index < -0.39 is 0 Å². The number of aromatic nitrogens is 4. The maximum absolute atomic E-state index is 12.7. The summed E-state index contributed by atoms with van der Waals surface area (Å²) >= 11 is 0. The quantitative estimate of drug-likeness (QED) is 0.548. The van der Waals surface area contributed by atoms with Crippen LogP contribution < -0.4 is 15.0 Å². The van der Waals surface area contributed by atoms with E-state index in [9.17, 15) is 4.79 Å². The standard InChI is InChI=1S/C22H25N5O4/c1-29-9-10-31-19-4-3-15(11-20(19)30-2)13-27-8-5-17-16(14-27)22(28)26-21(25-17)18-12-23-6-7-24-18/h3-4,6-7,11-12H,5,8-10,13-14H2,1-2H3,(H,25,26,28). The van der Waals surface area contributed by atoms with Gasteiger partial charge in [-0.25, -0.2) is 9.97 Å². The third kappa shape index (κ3) is 4.89. The van der Waals surface area contributed by atoms with E-state index in [0.29, 0.717) is 61.3 Å². The Hall–Kier alpha value is -3.30. The first-order valence-corrected chi connectivity index (χ1v) is 10.1. The van der Waals surface area contributed by atoms with Crippen molar-refractivity contribution in [2.24, 2.45) is 0 Å². The third-order valence-corrected chi connectivity index (χ3v) is 5.13. The summed E-state index contributed by atoms with van der Waals surface area (Å²) in [6.07, 6.45) is 5.46. The molecular weight excluding hydrogens is 398 g/mol. The average Bonchev–Trinajstić information content (AvgIpc) is 2.81. The summed E-state index contributed by atoms with van der Waals surface area (Å²) in [5.41, 5.74) is 3.03. The Kier molecular flexibility index (Phi) is 6.54. The highest BCUT2D eigenvalue weighted by molar-refractivity contribution is 5.47. The van der Waals surface area contributed by atoms with Crippen LogP contribution in [-0.2, 0) is 24.2 Å². The maximum atomic E-state index is 12.7. The lowest BCUT2D eigenvalue weighted by Crippen LogP contribution is -2.35. The van der Waals surface area contributed by atoms with Crippen LogP contribution in [0.15, 0.2) is 41.6 Å². The molecule has 0 atom stereocenters. The number of ether oxygens (including phenoxy) is 3. The van der Waals surface area contributed by atoms with E-state index in [1.165, 1.54) is 0 Å². The van der Waals surface area contributed by atoms with E-state index in [0.717, 1.165) is 17.8 Å². The zero-order valence-electron chi connectivity index (χ0n) is 17.6. The second kappa shape index (κ2) is 9.67. The molecule has 0 amide bonds. The van der Waals surface area contributed by atoms with Crippen molar-refractivity contribution in [2.45, 2.75) is 19.5 Å². The normalized spacial score (nSPS) is 13.6. The zero-order valence-corrected chi connectivity index (χ0v) is 17.6. The lowest BCUT2D eigenvalue weighted by atomic mass is 10.1. The van der Waals surface area contributed by atoms with Gasteiger partial charge < -0.3 is 19.2 Å². The van der Waals surface area contributed by atoms with Gasteiger partial charge in [-0.1, -0.05) is 6.07 Å². The molecule has 4 rings (SSSR count). The molecule has 1 N–H and O–H groups in total. The predicted molar refractivity (Wildman–Crippen MR) is 114 cm³/mol. The second-order valence-corrected chi connectivity index (χ2v) is 7.22. The Morgan fingerprint density at radius 3 is 2.84 bits per heavy atom. The fourth-order valence-corrected chi connectivity index (χ4v) is 3.58. The molecule has 1 aliphatic heterocycles. The molecule has 0 saturated heterocycles. The first kappa shape index (κ1) is 21.0. The number of nitrogens with zero attached hydrogens (tertiary/aromatic N) is 4. The van der Waals surface area contributed by atoms with Gasteiger partial charge in [0.25, 0.3) is 5.56 Å². The van der Waals surface area contributed by atoms with Crippen LogP contribution in [0, 0.1) is 0 Å². The summed E-state index contributed by atoms with van der Waals surface area (Å²) in [5, 5.41) is 0. The van der Waals surface area contributed by atoms with Gasteiger partial charge in [-0.05, 0) is 17.7 Å². The molecule has 3 heterocycles. The smallest absolute Gasteiger partial charge is 0.255 e. The number of hydrogen-bond donors (Lipinski definition) is 1. The highest BCUT2D eigenvalue weighted by atomic mass is 16.5. The lowest BCUT2D eigenvalue weighted by Gasteiger charge is -2.28. The van der Waals surface area contributed by atoms with E-state index in [4.69, 9.17) is 14.2 Å². The van der Waals surface area contributed by atoms with Gasteiger partial charge in [0.05, 0.1) is 31.2 Å². The minimum atomic E-state index is -0.130. The first-order valence-electron chi connectivity index (χ1n) is 10.1. The molecule has 0 spiro atoms. The number of fused-ring (bicyclic) bond motifs is 1. The number of benzene rings is 1. The summed E-state index contributed by atoms with van der Waals surface area (Å²) in [6.45, 7) is 3.00. The van der Waals surface area contributed by atoms with Crippen molar-refractivity contribution >= 4 is 0 Å². The fraction of sp³-hybridized carbons (Fsp3) is 0.364. The Morgan fingerprint density at radius 2 is 2.06 bits per heavy atom. The molecule has 162 valence electrons. The Morgan fingerprint density at radius 1 is 1.16 bits per heavy atom. The minimum absolute atomic E-state index is 0.130. The molecular formula is C22H25N5O4. The van der Waals surface area contributed by atoms with Crippen LogP contribution in [0.1, 0.15) is 16.8 Å². The van der Waals surface area contributed by atoms with E-state index in [1.54, 1.807) is 32.8 Å². The molecule has 0 unspecified atom stereocenters. The molecule has 1 aromatic carbocycles. The molecule has 9 nitrogen and oxygen atoms in total. The van der Waals surface area contributed by atoms with Crippen LogP contribution in [0.25, 0.3) is 11.5 Å². The van der Waals surface area contributed by atoms with E-state index in [-0.39, 0.29) is 5.56 Å². The zero-order chi connectivity index (χ0) is 21.6. The van der Waals surface area contributed by atoms with Gasteiger partial charge in [-0.2, -0.15) is 0 Å². The topological polar surface area (TPSA) is 102 Å². The Bertz CT molecular complexity index is 1090. The molecule has 0 bridgehead atoms. The summed E-state index contributed by atoms with van der Waals surface area (Å²) in [6, 6.07) is 5.89. The van der Waals surface area contributed by atoms with Crippen molar-refractivity contribution < 1.29 is 14.2 Å². The predicted octanol–water partition coefficient (Wildman–Crippen LogP) is 1.82. The van der Waals surface area contributed by atoms with Crippen LogP contribution in [0.4, 0.5) is 0 Å². The van der Waals surface area contributed by atoms with E-state index >= 15 is 0 Å². The molecule has 0 fully saturated rings. The Balaban J connectivity index is 1.47. The molecule has 2 aromatic heterocycles. The first-order chi connectivity index (χ1) is 15.2. The van der Waals surface area contributed by atoms with Crippen molar-refractivity contribution in [1.29, 1.82) is 0 Å². The van der Waals surface area contributed by atoms with Crippen molar-refractivity contribution in [3.05, 3.63) is 64.0 Å². The van der Waals surface area contributed by atoms with Gasteiger partial charge in [0.2, 0.25) is 0 Å². The molecule has 0 aliphatic carbocycles. The average molecular weight is 423 g/mol. The summed E-state index contributed by atoms with van der Waals surface area (Å²) in [5.74, 6) is 1.82. The molecule has 0 radical (unpaired) electrons. The second-order valence-electron chi connectivity index (χ2n) is 7.22. The fourth-order valence-electron chi connectivity index (χ4n) is 3.58. The summed E-state index contributed by atoms with van der Waals surface area (Å²) < 4.78 is 16.2. The van der Waals surface area contributed by atoms with Crippen LogP contribution in [0.3, 0.4) is 0 Å². The highest BCUT2D eigenvalue weighted by Gasteiger charge is 2.22. The summed E-state index contributed by atoms with van der Waals surface area (Å²) in [7, 11) is 3.26. The van der Waals surface area contributed by atoms with Crippen LogP contribution >= 0.6 is 0 Å². The molecule has 9 heteroatoms. The van der Waals surface area contributed by atoms with Gasteiger partial charge in [0, 0.05) is 45.6 Å². The van der Waals surface area contributed by atoms with Crippen LogP contribution in [0.5, 0.6) is 11.5 Å². The van der Waals surface area contributed by atoms with Gasteiger partial charge >= 0.3 is 0 Å². The number of nitrogens with one attached hydrogen (secondary N) is 1. The van der Waals surface area contributed by atoms with E-state index in [1.807, 2.05) is 18.2 Å². The number of H-pyrrole nitrogens is 1. The SMILES string of the molecule is COCCOc1ccc(CN2CCc3nc(-c4cnccn4)[nH]c(=O)c3C2)cc1OC. The molecule has 31 heavy (non-hydrogen) atoms. The van der Waals surface area contributed by atoms with Crippen molar-refractivity contribution in [2.75, 3.05) is 34.0 Å². The van der Waals surface area contributed by atoms with Crippen molar-refractivity contribution in [3.63, 3.8) is 0 Å². The number of aromatic amines is 1. The molecule has 3 aromatic rings. The van der Waals surface area contributed by atoms with Gasteiger partial charge in [-0.3, -0.25) is 14.7 Å². The number of hydrogen-bond acceptors (Lipinski definition) is 8. The largest absolute Gasteiger partial charge is 0.493 e. The highest BCUT2D eigenvalue weighted by Crippen LogP contribution is 2.29. The van der Waals surface area contributed by atoms with Gasteiger partial charge in [0.15, 0.2) is 17.3 Å². The van der Waals surface area contributed by atoms with Crippen molar-refractivity contribution in [1.82, 2.24) is 24.8 Å². The number of rotatable bonds is 8. The third-order valence-electron chi connectivity index (χ3n) is 5.13. The lowest BCUT2D eigenvalue weighted by molar-refractivity contribution is 0.144. The number of methoxy groups -OCH3 is 2. The summed E-state index contributed by atoms with van der Waals surface area (Å²) in [4.78, 5) is 30.7. The molecule has 0 saturated carbocycles. The Labute approximate surface area is 180 Å². The van der Waals surface area contributed by atoms with Crippen LogP contribution in [-0.4, -0.2) is 58.8 Å². The van der Waals surface area contributed by atoms with Gasteiger partial charge in [0.1, 0.15) is 12.3 Å².